The molecular formula is C86H83N4OPtSi-3. The zero-order chi connectivity index (χ0) is 68.8. The SMILES string of the molecule is [2H]c1c([2H])c([2H])c(-c2cccc(-c3cc(-c4ccc(C(C)(C)C)cc4)cc(C(C)(C)C)c3)c2N2[CH-]N(c3[c-]c(Oc4[c-]c5c(cc4)[Si]4(c6cc(C(C)(C)C)ccc6-c6ccc(C(C)(C)C)cc64)c4ccccc4N5c4cc(C(C)(C)C)ccn4)ccc3)c3ccccc32)c([2H])c1[2H].[Pt]. The molecule has 14 rings (SSSR count). The van der Waals surface area contributed by atoms with Crippen LogP contribution in [0.1, 0.15) is 139 Å². The van der Waals surface area contributed by atoms with Crippen LogP contribution in [0.4, 0.5) is 39.9 Å². The van der Waals surface area contributed by atoms with Gasteiger partial charge in [-0.15, -0.1) is 47.9 Å². The van der Waals surface area contributed by atoms with Crippen LogP contribution in [0, 0.1) is 18.8 Å². The van der Waals surface area contributed by atoms with Gasteiger partial charge in [-0.2, -0.15) is 12.1 Å². The first-order chi connectivity index (χ1) is 45.8. The Labute approximate surface area is 575 Å². The minimum absolute atomic E-state index is 0. The molecule has 0 saturated carbocycles. The maximum absolute atomic E-state index is 9.46. The Morgan fingerprint density at radius 2 is 0.946 bits per heavy atom. The van der Waals surface area contributed by atoms with Gasteiger partial charge < -0.3 is 19.4 Å². The summed E-state index contributed by atoms with van der Waals surface area (Å²) in [6.07, 6.45) is 1.93. The van der Waals surface area contributed by atoms with Gasteiger partial charge in [-0.1, -0.05) is 261 Å². The molecule has 0 unspecified atom stereocenters. The number of rotatable bonds is 8. The molecule has 4 heterocycles. The quantitative estimate of drug-likeness (QED) is 0.112. The van der Waals surface area contributed by atoms with E-state index >= 15 is 0 Å². The minimum atomic E-state index is -3.19. The van der Waals surface area contributed by atoms with Crippen molar-refractivity contribution in [1.29, 1.82) is 0 Å². The third-order valence-corrected chi connectivity index (χ3v) is 23.8. The van der Waals surface area contributed by atoms with E-state index in [0.29, 0.717) is 28.4 Å². The van der Waals surface area contributed by atoms with Gasteiger partial charge in [0.1, 0.15) is 13.9 Å². The molecule has 1 spiro atoms. The zero-order valence-corrected chi connectivity index (χ0v) is 59.3. The van der Waals surface area contributed by atoms with Crippen LogP contribution in [0.15, 0.2) is 224 Å². The third kappa shape index (κ3) is 11.2. The molecule has 0 fully saturated rings. The number of pyridine rings is 1. The van der Waals surface area contributed by atoms with Gasteiger partial charge in [0, 0.05) is 72.6 Å². The van der Waals surface area contributed by atoms with Crippen LogP contribution in [0.25, 0.3) is 44.5 Å². The molecule has 93 heavy (non-hydrogen) atoms. The molecular weight excluding hydrogens is 1330 g/mol. The number of anilines is 7. The normalized spacial score (nSPS) is 14.8. The van der Waals surface area contributed by atoms with E-state index in [-0.39, 0.29) is 65.8 Å². The average Bonchev–Trinajstić information content (AvgIpc) is 1.45. The molecule has 0 aliphatic carbocycles. The van der Waals surface area contributed by atoms with Gasteiger partial charge >= 0.3 is 0 Å². The van der Waals surface area contributed by atoms with E-state index in [1.54, 1.807) is 0 Å². The smallest absolute Gasteiger partial charge is 0.135 e. The molecule has 3 aliphatic heterocycles. The molecule has 5 nitrogen and oxygen atoms in total. The molecule has 0 amide bonds. The van der Waals surface area contributed by atoms with Crippen molar-refractivity contribution in [2.45, 2.75) is 131 Å². The van der Waals surface area contributed by atoms with Crippen molar-refractivity contribution in [3.05, 3.63) is 271 Å². The predicted molar refractivity (Wildman–Crippen MR) is 391 cm³/mol. The molecule has 0 N–H and O–H groups in total. The fraction of sp³-hybridized carbons (Fsp3) is 0.233. The van der Waals surface area contributed by atoms with Crippen LogP contribution in [-0.4, -0.2) is 13.1 Å². The van der Waals surface area contributed by atoms with E-state index in [1.807, 2.05) is 55.3 Å². The number of para-hydroxylation sites is 4. The second kappa shape index (κ2) is 23.2. The van der Waals surface area contributed by atoms with Crippen molar-refractivity contribution in [3.63, 3.8) is 0 Å². The second-order valence-corrected chi connectivity index (χ2v) is 33.9. The molecule has 0 atom stereocenters. The number of nitrogens with zero attached hydrogens (tertiary/aromatic N) is 4. The van der Waals surface area contributed by atoms with Crippen LogP contribution < -0.4 is 40.2 Å². The summed E-state index contributed by atoms with van der Waals surface area (Å²) in [7, 11) is -3.19. The number of ether oxygens (including phenoxy) is 1. The number of hydrogen-bond acceptors (Lipinski definition) is 5. The molecule has 0 radical (unpaired) electrons. The summed E-state index contributed by atoms with van der Waals surface area (Å²) in [5.74, 6) is 1.79. The van der Waals surface area contributed by atoms with Gasteiger partial charge in [0.25, 0.3) is 0 Å². The molecule has 11 aromatic rings. The van der Waals surface area contributed by atoms with Gasteiger partial charge in [0.15, 0.2) is 0 Å². The van der Waals surface area contributed by atoms with Gasteiger partial charge in [-0.05, 0) is 140 Å². The molecule has 1 aromatic heterocycles. The van der Waals surface area contributed by atoms with E-state index in [1.165, 1.54) is 54.1 Å². The first-order valence-corrected chi connectivity index (χ1v) is 34.3. The van der Waals surface area contributed by atoms with Gasteiger partial charge in [0.2, 0.25) is 0 Å². The van der Waals surface area contributed by atoms with Crippen molar-refractivity contribution >= 4 is 68.8 Å². The second-order valence-electron chi connectivity index (χ2n) is 30.3. The van der Waals surface area contributed by atoms with Crippen molar-refractivity contribution in [1.82, 2.24) is 4.98 Å². The predicted octanol–water partition coefficient (Wildman–Crippen LogP) is 20.5. The Hall–Kier alpha value is -8.54. The van der Waals surface area contributed by atoms with Crippen LogP contribution >= 0.6 is 0 Å². The van der Waals surface area contributed by atoms with Crippen molar-refractivity contribution in [2.75, 3.05) is 14.7 Å². The maximum atomic E-state index is 9.46. The summed E-state index contributed by atoms with van der Waals surface area (Å²) in [5.41, 5.74) is 17.4. The Morgan fingerprint density at radius 1 is 0.409 bits per heavy atom. The van der Waals surface area contributed by atoms with Crippen LogP contribution in [-0.2, 0) is 48.1 Å². The Bertz CT molecular complexity index is 4920. The summed E-state index contributed by atoms with van der Waals surface area (Å²) >= 11 is 0. The van der Waals surface area contributed by atoms with E-state index < -0.39 is 26.2 Å². The van der Waals surface area contributed by atoms with Gasteiger partial charge in [-0.3, -0.25) is 0 Å². The van der Waals surface area contributed by atoms with E-state index in [4.69, 9.17) is 13.8 Å². The van der Waals surface area contributed by atoms with E-state index in [0.717, 1.165) is 56.4 Å². The number of aromatic nitrogens is 1. The summed E-state index contributed by atoms with van der Waals surface area (Å²) in [4.78, 5) is 11.7. The number of hydrogen-bond donors (Lipinski definition) is 0. The number of benzene rings is 10. The summed E-state index contributed by atoms with van der Waals surface area (Å²) in [6.45, 7) is 35.9. The number of fused-ring (bicyclic) bond motifs is 10. The van der Waals surface area contributed by atoms with Crippen molar-refractivity contribution in [3.8, 4) is 56.0 Å². The summed E-state index contributed by atoms with van der Waals surface area (Å²) < 4.78 is 52.6. The fourth-order valence-electron chi connectivity index (χ4n) is 13.7. The fourth-order valence-corrected chi connectivity index (χ4v) is 19.3. The van der Waals surface area contributed by atoms with Crippen LogP contribution in [0.5, 0.6) is 11.5 Å². The summed E-state index contributed by atoms with van der Waals surface area (Å²) in [5, 5.41) is 5.26. The standard InChI is InChI=1S/C86H83N4OSi.Pt/c1-82(2,3)60-37-35-56(36-38-60)58-47-59(49-64(48-58)86(13,14)15)69-30-24-29-68(57-25-17-16-18-26-57)81(69)89-55-88(72-31-19-20-32-73(72)89)65-27-23-28-66(53-65)91-67-41-44-77-75(54-67)90(80-52-63(45-46-87-80)85(10,11)12)74-33-21-22-34-76(74)92(77)78-50-61(83(4,5)6)39-42-70(78)71-43-40-62(51-79(71)92)84(7,8)9;/h16-52,55H,1-15H3;/q-3;/i16D,17D,18D,25D,26D;. The molecule has 0 saturated heterocycles. The maximum Gasteiger partial charge on any atom is 0.135 e. The minimum Gasteiger partial charge on any atom is -0.509 e. The zero-order valence-electron chi connectivity index (χ0n) is 61.1. The molecule has 0 bridgehead atoms. The largest absolute Gasteiger partial charge is 0.509 e. The Morgan fingerprint density at radius 3 is 1.57 bits per heavy atom. The first-order valence-electron chi connectivity index (χ1n) is 34.8. The summed E-state index contributed by atoms with van der Waals surface area (Å²) in [6, 6.07) is 73.6. The third-order valence-electron chi connectivity index (χ3n) is 18.9. The topological polar surface area (TPSA) is 31.8 Å². The first kappa shape index (κ1) is 57.1. The van der Waals surface area contributed by atoms with E-state index in [2.05, 4.69) is 276 Å². The molecule has 10 aromatic carbocycles. The molecule has 470 valence electrons. The van der Waals surface area contributed by atoms with Crippen molar-refractivity contribution < 1.29 is 32.7 Å². The van der Waals surface area contributed by atoms with Crippen molar-refractivity contribution in [2.24, 2.45) is 0 Å². The average molecular weight is 1420 g/mol. The van der Waals surface area contributed by atoms with Gasteiger partial charge in [-0.25, -0.2) is 4.98 Å². The van der Waals surface area contributed by atoms with Gasteiger partial charge in [0.05, 0.1) is 6.85 Å². The van der Waals surface area contributed by atoms with Crippen LogP contribution in [0.3, 0.4) is 0 Å². The Kier molecular flexibility index (Phi) is 14.2. The molecule has 7 heteroatoms. The Balaban J connectivity index is 0.00000864. The monoisotopic (exact) mass is 1420 g/mol. The van der Waals surface area contributed by atoms with Crippen LogP contribution in [0.2, 0.25) is 0 Å². The van der Waals surface area contributed by atoms with E-state index in [9.17, 15) is 2.74 Å². The molecule has 3 aliphatic rings.